The van der Waals surface area contributed by atoms with Crippen molar-refractivity contribution >= 4 is 13.8 Å². The number of ether oxygens (including phenoxy) is 2. The molecule has 55 heavy (non-hydrogen) atoms. The molecule has 0 saturated carbocycles. The predicted molar refractivity (Wildman–Crippen MR) is 223 cm³/mol. The van der Waals surface area contributed by atoms with E-state index in [9.17, 15) is 29.6 Å². The molecule has 320 valence electrons. The van der Waals surface area contributed by atoms with Gasteiger partial charge in [-0.2, -0.15) is 0 Å². The van der Waals surface area contributed by atoms with Crippen LogP contribution in [0.3, 0.4) is 0 Å². The Balaban J connectivity index is 4.46. The van der Waals surface area contributed by atoms with E-state index in [1.54, 1.807) is 48.8 Å². The Kier molecular flexibility index (Phi) is 37.3. The number of hydrogen-bond acceptors (Lipinski definition) is 10. The van der Waals surface area contributed by atoms with Crippen molar-refractivity contribution < 1.29 is 48.1 Å². The third-order valence-corrected chi connectivity index (χ3v) is 9.85. The zero-order valence-electron chi connectivity index (χ0n) is 34.2. The minimum Gasteiger partial charge on any atom is -0.498 e. The SMILES string of the molecule is CCCCCCCCCCCCCCCC/C=C/OC[C@H](COP(=O)(O)OCCN)OC(=O)CCC[C@H](O)[C@@H](O)/C=C/C=C/C=C\C=C\[C@@H](O)CCCCC. The van der Waals surface area contributed by atoms with Gasteiger partial charge in [-0.1, -0.05) is 165 Å². The highest BCUT2D eigenvalue weighted by atomic mass is 31.2. The van der Waals surface area contributed by atoms with Crippen molar-refractivity contribution in [2.75, 3.05) is 26.4 Å². The van der Waals surface area contributed by atoms with E-state index in [-0.39, 0.29) is 39.0 Å². The quantitative estimate of drug-likeness (QED) is 0.0132. The Hall–Kier alpha value is -2.08. The van der Waals surface area contributed by atoms with Gasteiger partial charge in [-0.15, -0.1) is 0 Å². The summed E-state index contributed by atoms with van der Waals surface area (Å²) in [4.78, 5) is 22.5. The summed E-state index contributed by atoms with van der Waals surface area (Å²) in [5.41, 5.74) is 5.34. The first-order chi connectivity index (χ1) is 26.6. The second kappa shape index (κ2) is 38.8. The molecule has 12 heteroatoms. The number of esters is 1. The molecule has 5 atom stereocenters. The van der Waals surface area contributed by atoms with Gasteiger partial charge in [0.1, 0.15) is 6.61 Å². The Morgan fingerprint density at radius 3 is 1.82 bits per heavy atom. The maximum Gasteiger partial charge on any atom is 0.472 e. The lowest BCUT2D eigenvalue weighted by molar-refractivity contribution is -0.153. The van der Waals surface area contributed by atoms with Crippen molar-refractivity contribution in [3.8, 4) is 0 Å². The van der Waals surface area contributed by atoms with E-state index in [1.807, 2.05) is 6.08 Å². The van der Waals surface area contributed by atoms with E-state index in [4.69, 9.17) is 24.3 Å². The van der Waals surface area contributed by atoms with Crippen molar-refractivity contribution in [2.24, 2.45) is 5.73 Å². The lowest BCUT2D eigenvalue weighted by Gasteiger charge is -2.19. The molecule has 0 radical (unpaired) electrons. The molecule has 0 bridgehead atoms. The van der Waals surface area contributed by atoms with Crippen LogP contribution in [0.4, 0.5) is 0 Å². The van der Waals surface area contributed by atoms with Crippen LogP contribution >= 0.6 is 7.82 Å². The van der Waals surface area contributed by atoms with Crippen molar-refractivity contribution in [3.05, 3.63) is 60.9 Å². The molecule has 0 aromatic carbocycles. The topological polar surface area (TPSA) is 178 Å². The molecule has 0 aromatic heterocycles. The summed E-state index contributed by atoms with van der Waals surface area (Å²) >= 11 is 0. The Morgan fingerprint density at radius 2 is 1.22 bits per heavy atom. The fourth-order valence-electron chi connectivity index (χ4n) is 5.58. The number of hydrogen-bond donors (Lipinski definition) is 5. The summed E-state index contributed by atoms with van der Waals surface area (Å²) in [6.45, 7) is 3.72. The van der Waals surface area contributed by atoms with E-state index in [0.29, 0.717) is 0 Å². The molecule has 0 fully saturated rings. The van der Waals surface area contributed by atoms with Gasteiger partial charge < -0.3 is 35.4 Å². The molecule has 0 heterocycles. The smallest absolute Gasteiger partial charge is 0.472 e. The van der Waals surface area contributed by atoms with Gasteiger partial charge in [-0.05, 0) is 38.2 Å². The van der Waals surface area contributed by atoms with Crippen LogP contribution in [0.15, 0.2) is 60.9 Å². The lowest BCUT2D eigenvalue weighted by Crippen LogP contribution is -2.28. The molecule has 0 aliphatic heterocycles. The number of phosphoric acid groups is 1. The summed E-state index contributed by atoms with van der Waals surface area (Å²) in [7, 11) is -4.39. The number of aliphatic hydroxyl groups excluding tert-OH is 3. The molecule has 0 aliphatic rings. The molecule has 0 rings (SSSR count). The summed E-state index contributed by atoms with van der Waals surface area (Å²) in [6.07, 6.45) is 36.9. The Morgan fingerprint density at radius 1 is 0.673 bits per heavy atom. The molecule has 0 amide bonds. The third-order valence-electron chi connectivity index (χ3n) is 8.87. The highest BCUT2D eigenvalue weighted by Gasteiger charge is 2.25. The fourth-order valence-corrected chi connectivity index (χ4v) is 6.35. The number of rotatable bonds is 39. The summed E-state index contributed by atoms with van der Waals surface area (Å²) in [5, 5.41) is 30.5. The van der Waals surface area contributed by atoms with Gasteiger partial charge in [0.25, 0.3) is 0 Å². The van der Waals surface area contributed by atoms with Crippen molar-refractivity contribution in [1.29, 1.82) is 0 Å². The second-order valence-corrected chi connectivity index (χ2v) is 15.6. The Bertz CT molecular complexity index is 1080. The summed E-state index contributed by atoms with van der Waals surface area (Å²) in [6, 6.07) is 0. The summed E-state index contributed by atoms with van der Waals surface area (Å²) < 4.78 is 32.9. The van der Waals surface area contributed by atoms with Gasteiger partial charge in [0.15, 0.2) is 6.10 Å². The number of carbonyl (C=O) groups excluding carboxylic acids is 1. The van der Waals surface area contributed by atoms with Crippen LogP contribution in [0.2, 0.25) is 0 Å². The number of aliphatic hydroxyl groups is 3. The molecule has 0 spiro atoms. The number of nitrogens with two attached hydrogens (primary N) is 1. The van der Waals surface area contributed by atoms with Crippen molar-refractivity contribution in [3.63, 3.8) is 0 Å². The van der Waals surface area contributed by atoms with E-state index in [2.05, 4.69) is 13.8 Å². The lowest BCUT2D eigenvalue weighted by atomic mass is 10.0. The maximum atomic E-state index is 12.6. The van der Waals surface area contributed by atoms with Crippen LogP contribution in [-0.4, -0.2) is 77.0 Å². The minimum absolute atomic E-state index is 0.0353. The highest BCUT2D eigenvalue weighted by molar-refractivity contribution is 7.47. The molecule has 11 nitrogen and oxygen atoms in total. The normalized spacial score (nSPS) is 15.8. The largest absolute Gasteiger partial charge is 0.498 e. The highest BCUT2D eigenvalue weighted by Crippen LogP contribution is 2.43. The van der Waals surface area contributed by atoms with Crippen LogP contribution in [0.1, 0.15) is 155 Å². The summed E-state index contributed by atoms with van der Waals surface area (Å²) in [5.74, 6) is -0.603. The molecule has 0 aromatic rings. The van der Waals surface area contributed by atoms with Crippen LogP contribution in [-0.2, 0) is 27.9 Å². The molecule has 0 saturated heterocycles. The van der Waals surface area contributed by atoms with Gasteiger partial charge in [-0.25, -0.2) is 4.57 Å². The number of allylic oxidation sites excluding steroid dienone is 7. The van der Waals surface area contributed by atoms with Crippen LogP contribution in [0.5, 0.6) is 0 Å². The first kappa shape index (κ1) is 52.9. The number of unbranched alkanes of at least 4 members (excludes halogenated alkanes) is 16. The first-order valence-corrected chi connectivity index (χ1v) is 22.6. The number of phosphoric ester groups is 1. The fraction of sp³-hybridized carbons (Fsp3) is 0.744. The zero-order valence-corrected chi connectivity index (χ0v) is 35.1. The maximum absolute atomic E-state index is 12.6. The van der Waals surface area contributed by atoms with Crippen LogP contribution < -0.4 is 5.73 Å². The number of carbonyl (C=O) groups is 1. The first-order valence-electron chi connectivity index (χ1n) is 21.2. The van der Waals surface area contributed by atoms with E-state index in [0.717, 1.165) is 44.9 Å². The second-order valence-electron chi connectivity index (χ2n) is 14.1. The van der Waals surface area contributed by atoms with E-state index in [1.165, 1.54) is 83.1 Å². The molecular weight excluding hydrogens is 721 g/mol. The monoisotopic (exact) mass is 800 g/mol. The van der Waals surface area contributed by atoms with Gasteiger partial charge in [0.05, 0.1) is 37.8 Å². The average molecular weight is 800 g/mol. The van der Waals surface area contributed by atoms with Gasteiger partial charge >= 0.3 is 13.8 Å². The standard InChI is InChI=1S/C43H78NO10P/c1-3-5-7-8-9-10-11-12-13-14-15-16-17-20-23-27-35-51-37-40(38-53-55(49,50)52-36-34-44)54-43(48)33-28-32-42(47)41(46)31-26-22-19-18-21-25-30-39(45)29-24-6-4-2/h18-19,21-22,25-27,30-31,35,39-42,45-47H,3-17,20,23-24,28-29,32-34,36-38,44H2,1-2H3,(H,49,50)/b21-18-,22-19+,30-25+,31-26+,35-27+/t39-,40+,41-,42-/m0/s1. The molecular formula is C43H78NO10P. The molecule has 1 unspecified atom stereocenters. The van der Waals surface area contributed by atoms with Crippen LogP contribution in [0, 0.1) is 0 Å². The van der Waals surface area contributed by atoms with Gasteiger partial charge in [-0.3, -0.25) is 13.8 Å². The zero-order chi connectivity index (χ0) is 40.7. The molecule has 0 aliphatic carbocycles. The van der Waals surface area contributed by atoms with Crippen molar-refractivity contribution in [2.45, 2.75) is 180 Å². The van der Waals surface area contributed by atoms with Gasteiger partial charge in [0, 0.05) is 13.0 Å². The minimum atomic E-state index is -4.39. The van der Waals surface area contributed by atoms with Crippen molar-refractivity contribution in [1.82, 2.24) is 0 Å². The van der Waals surface area contributed by atoms with Crippen LogP contribution in [0.25, 0.3) is 0 Å². The van der Waals surface area contributed by atoms with Gasteiger partial charge in [0.2, 0.25) is 0 Å². The van der Waals surface area contributed by atoms with E-state index >= 15 is 0 Å². The van der Waals surface area contributed by atoms with E-state index < -0.39 is 44.8 Å². The Labute approximate surface area is 333 Å². The molecule has 6 N–H and O–H groups in total. The predicted octanol–water partition coefficient (Wildman–Crippen LogP) is 9.45. The average Bonchev–Trinajstić information content (AvgIpc) is 3.16. The third kappa shape index (κ3) is 37.3.